The third kappa shape index (κ3) is 4.05. The molecule has 0 fully saturated rings. The second-order valence-corrected chi connectivity index (χ2v) is 7.15. The number of methoxy groups -OCH3 is 1. The molecule has 4 nitrogen and oxygen atoms in total. The number of aromatic nitrogens is 1. The van der Waals surface area contributed by atoms with Crippen LogP contribution in [-0.4, -0.2) is 23.5 Å². The van der Waals surface area contributed by atoms with Gasteiger partial charge in [0.1, 0.15) is 17.0 Å². The van der Waals surface area contributed by atoms with E-state index in [2.05, 4.69) is 26.6 Å². The van der Waals surface area contributed by atoms with E-state index in [1.165, 1.54) is 0 Å². The minimum absolute atomic E-state index is 0.464. The molecule has 0 bridgehead atoms. The Morgan fingerprint density at radius 3 is 2.28 bits per heavy atom. The summed E-state index contributed by atoms with van der Waals surface area (Å²) in [6.45, 7) is 0.672. The lowest BCUT2D eigenvalue weighted by molar-refractivity contribution is 0.112. The first kappa shape index (κ1) is 19.3. The van der Waals surface area contributed by atoms with Gasteiger partial charge >= 0.3 is 0 Å². The highest BCUT2D eigenvalue weighted by Gasteiger charge is 2.10. The van der Waals surface area contributed by atoms with E-state index in [1.54, 1.807) is 7.11 Å². The lowest BCUT2D eigenvalue weighted by Gasteiger charge is -2.09. The first-order valence-corrected chi connectivity index (χ1v) is 10.3. The molecule has 5 heteroatoms. The molecule has 1 heterocycles. The van der Waals surface area contributed by atoms with Crippen molar-refractivity contribution in [1.29, 1.82) is 0 Å². The number of ether oxygens (including phenoxy) is 2. The van der Waals surface area contributed by atoms with E-state index in [4.69, 9.17) is 9.47 Å². The number of carbonyl (C=O) groups excluding carboxylic acids is 1. The van der Waals surface area contributed by atoms with Crippen molar-refractivity contribution in [3.05, 3.63) is 84.1 Å². The fraction of sp³-hybridized carbons (Fsp3) is 0.125. The molecule has 3 aromatic carbocycles. The van der Waals surface area contributed by atoms with Crippen LogP contribution in [0.25, 0.3) is 22.0 Å². The summed E-state index contributed by atoms with van der Waals surface area (Å²) >= 11 is 3.26. The average Bonchev–Trinajstić information content (AvgIpc) is 3.12. The van der Waals surface area contributed by atoms with Crippen molar-refractivity contribution >= 4 is 33.1 Å². The molecule has 0 radical (unpaired) electrons. The second-order valence-electron chi connectivity index (χ2n) is 6.69. The molecule has 146 valence electrons. The lowest BCUT2D eigenvalue weighted by atomic mass is 10.0. The van der Waals surface area contributed by atoms with Gasteiger partial charge in [-0.3, -0.25) is 4.79 Å². The van der Waals surface area contributed by atoms with Crippen LogP contribution in [-0.2, 0) is 6.54 Å². The number of benzene rings is 3. The maximum Gasteiger partial charge on any atom is 0.152 e. The molecule has 1 aromatic heterocycles. The van der Waals surface area contributed by atoms with Gasteiger partial charge in [0, 0.05) is 29.2 Å². The van der Waals surface area contributed by atoms with E-state index in [1.807, 2.05) is 66.9 Å². The number of carbonyl (C=O) groups is 1. The number of fused-ring (bicyclic) bond motifs is 1. The molecule has 0 unspecified atom stereocenters. The molecule has 0 aliphatic rings. The molecule has 0 aliphatic heterocycles. The van der Waals surface area contributed by atoms with Gasteiger partial charge in [-0.05, 0) is 63.0 Å². The van der Waals surface area contributed by atoms with E-state index in [9.17, 15) is 4.79 Å². The molecule has 0 amide bonds. The van der Waals surface area contributed by atoms with Gasteiger partial charge in [0.15, 0.2) is 6.29 Å². The van der Waals surface area contributed by atoms with Crippen LogP contribution in [0.1, 0.15) is 15.9 Å². The minimum Gasteiger partial charge on any atom is -0.497 e. The first-order valence-electron chi connectivity index (χ1n) is 9.22. The zero-order valence-electron chi connectivity index (χ0n) is 16.0. The average molecular weight is 450 g/mol. The van der Waals surface area contributed by atoms with Crippen molar-refractivity contribution < 1.29 is 14.3 Å². The second kappa shape index (κ2) is 8.53. The Morgan fingerprint density at radius 1 is 0.931 bits per heavy atom. The van der Waals surface area contributed by atoms with Crippen LogP contribution in [0.3, 0.4) is 0 Å². The van der Waals surface area contributed by atoms with Crippen LogP contribution in [0.4, 0.5) is 0 Å². The van der Waals surface area contributed by atoms with Gasteiger partial charge in [-0.15, -0.1) is 0 Å². The molecule has 0 spiro atoms. The van der Waals surface area contributed by atoms with Crippen LogP contribution >= 0.6 is 15.9 Å². The summed E-state index contributed by atoms with van der Waals surface area (Å²) in [5.74, 6) is 1.65. The Hall–Kier alpha value is -3.05. The fourth-order valence-corrected chi connectivity index (χ4v) is 3.72. The fourth-order valence-electron chi connectivity index (χ4n) is 3.46. The zero-order valence-corrected chi connectivity index (χ0v) is 17.6. The summed E-state index contributed by atoms with van der Waals surface area (Å²) in [5, 5.41) is 0.955. The first-order chi connectivity index (χ1) is 14.2. The van der Waals surface area contributed by atoms with Gasteiger partial charge in [-0.2, -0.15) is 0 Å². The number of alkyl halides is 1. The van der Waals surface area contributed by atoms with Crippen molar-refractivity contribution in [3.63, 3.8) is 0 Å². The Labute approximate surface area is 177 Å². The van der Waals surface area contributed by atoms with Crippen LogP contribution in [0.15, 0.2) is 72.9 Å². The Balaban J connectivity index is 1.71. The summed E-state index contributed by atoms with van der Waals surface area (Å²) in [5.41, 5.74) is 5.52. The molecular formula is C24H20BrNO3. The number of hydrogen-bond donors (Lipinski definition) is 0. The third-order valence-corrected chi connectivity index (χ3v) is 5.19. The maximum absolute atomic E-state index is 11.6. The highest BCUT2D eigenvalue weighted by Crippen LogP contribution is 2.29. The number of hydrogen-bond acceptors (Lipinski definition) is 3. The van der Waals surface area contributed by atoms with Crippen molar-refractivity contribution in [2.45, 2.75) is 6.54 Å². The van der Waals surface area contributed by atoms with E-state index in [0.717, 1.165) is 45.4 Å². The molecule has 0 saturated heterocycles. The predicted octanol–water partition coefficient (Wildman–Crippen LogP) is 5.91. The van der Waals surface area contributed by atoms with Crippen LogP contribution in [0.2, 0.25) is 0 Å². The topological polar surface area (TPSA) is 40.5 Å². The maximum atomic E-state index is 11.6. The van der Waals surface area contributed by atoms with E-state index in [0.29, 0.717) is 17.6 Å². The number of nitrogens with zero attached hydrogens (tertiary/aromatic N) is 1. The molecule has 0 aliphatic carbocycles. The normalized spacial score (nSPS) is 10.8. The van der Waals surface area contributed by atoms with Crippen molar-refractivity contribution in [1.82, 2.24) is 4.57 Å². The molecule has 0 saturated carbocycles. The molecular weight excluding hydrogens is 430 g/mol. The summed E-state index contributed by atoms with van der Waals surface area (Å²) in [7, 11) is 1.66. The standard InChI is InChI=1S/C24H20BrNO3/c1-28-21-9-4-18(5-10-21)19-6-11-23-20(15-27)14-26(24(23)12-19)13-17-2-7-22(8-3-17)29-16-25/h2-12,14-15H,13,16H2,1H3. The van der Waals surface area contributed by atoms with Crippen molar-refractivity contribution in [2.75, 3.05) is 12.6 Å². The molecule has 0 N–H and O–H groups in total. The quantitative estimate of drug-likeness (QED) is 0.260. The minimum atomic E-state index is 0.464. The van der Waals surface area contributed by atoms with Gasteiger partial charge < -0.3 is 14.0 Å². The number of halogens is 1. The third-order valence-electron chi connectivity index (χ3n) is 4.96. The van der Waals surface area contributed by atoms with Gasteiger partial charge in [0.25, 0.3) is 0 Å². The number of rotatable bonds is 7. The number of aldehydes is 1. The highest BCUT2D eigenvalue weighted by molar-refractivity contribution is 9.09. The van der Waals surface area contributed by atoms with Gasteiger partial charge in [0.2, 0.25) is 0 Å². The largest absolute Gasteiger partial charge is 0.497 e. The van der Waals surface area contributed by atoms with E-state index >= 15 is 0 Å². The van der Waals surface area contributed by atoms with E-state index in [-0.39, 0.29) is 0 Å². The Bertz CT molecular complexity index is 1130. The molecule has 0 atom stereocenters. The Kier molecular flexibility index (Phi) is 5.67. The van der Waals surface area contributed by atoms with Crippen LogP contribution in [0, 0.1) is 0 Å². The molecule has 4 rings (SSSR count). The van der Waals surface area contributed by atoms with Gasteiger partial charge in [-0.1, -0.05) is 36.4 Å². The highest BCUT2D eigenvalue weighted by atomic mass is 79.9. The van der Waals surface area contributed by atoms with Crippen LogP contribution in [0.5, 0.6) is 11.5 Å². The predicted molar refractivity (Wildman–Crippen MR) is 119 cm³/mol. The van der Waals surface area contributed by atoms with Crippen molar-refractivity contribution in [3.8, 4) is 22.6 Å². The summed E-state index contributed by atoms with van der Waals surface area (Å²) in [6, 6.07) is 22.2. The monoisotopic (exact) mass is 449 g/mol. The van der Waals surface area contributed by atoms with E-state index < -0.39 is 0 Å². The molecule has 4 aromatic rings. The molecule has 29 heavy (non-hydrogen) atoms. The lowest BCUT2D eigenvalue weighted by Crippen LogP contribution is -1.98. The van der Waals surface area contributed by atoms with Crippen LogP contribution < -0.4 is 9.47 Å². The van der Waals surface area contributed by atoms with Gasteiger partial charge in [-0.25, -0.2) is 0 Å². The van der Waals surface area contributed by atoms with Crippen molar-refractivity contribution in [2.24, 2.45) is 0 Å². The van der Waals surface area contributed by atoms with Gasteiger partial charge in [0.05, 0.1) is 7.11 Å². The SMILES string of the molecule is COc1ccc(-c2ccc3c(C=O)cn(Cc4ccc(OCBr)cc4)c3c2)cc1. The Morgan fingerprint density at radius 2 is 1.62 bits per heavy atom. The zero-order chi connectivity index (χ0) is 20.2. The smallest absolute Gasteiger partial charge is 0.152 e. The summed E-state index contributed by atoms with van der Waals surface area (Å²) in [4.78, 5) is 11.6. The summed E-state index contributed by atoms with van der Waals surface area (Å²) in [6.07, 6.45) is 2.83. The summed E-state index contributed by atoms with van der Waals surface area (Å²) < 4.78 is 12.8.